The van der Waals surface area contributed by atoms with Crippen molar-refractivity contribution >= 4 is 0 Å². The summed E-state index contributed by atoms with van der Waals surface area (Å²) in [4.78, 5) is 0. The van der Waals surface area contributed by atoms with E-state index in [2.05, 4.69) is 17.6 Å². The van der Waals surface area contributed by atoms with Gasteiger partial charge in [0.25, 0.3) is 0 Å². The fraction of sp³-hybridized carbons (Fsp3) is 0.600. The molecule has 35 heavy (non-hydrogen) atoms. The number of rotatable bonds is 20. The van der Waals surface area contributed by atoms with Crippen LogP contribution in [0.1, 0.15) is 87.8 Å². The fourth-order valence-corrected chi connectivity index (χ4v) is 4.52. The minimum absolute atomic E-state index is 0.0206. The number of aryl methyl sites for hydroxylation is 1. The second-order valence-electron chi connectivity index (χ2n) is 9.67. The number of phenolic OH excluding ortho intramolecular Hbond substituents is 3. The van der Waals surface area contributed by atoms with Gasteiger partial charge in [-0.2, -0.15) is 0 Å². The van der Waals surface area contributed by atoms with Crippen LogP contribution in [0.4, 0.5) is 0 Å². The van der Waals surface area contributed by atoms with Crippen molar-refractivity contribution in [3.05, 3.63) is 53.1 Å². The summed E-state index contributed by atoms with van der Waals surface area (Å²) in [5.41, 5.74) is 2.86. The van der Waals surface area contributed by atoms with Gasteiger partial charge in [0.05, 0.1) is 0 Å². The summed E-state index contributed by atoms with van der Waals surface area (Å²) in [7, 11) is 0. The number of hydrogen-bond donors (Lipinski definition) is 5. The third kappa shape index (κ3) is 12.3. The Hall–Kier alpha value is -2.24. The summed E-state index contributed by atoms with van der Waals surface area (Å²) >= 11 is 0. The molecule has 0 saturated carbocycles. The van der Waals surface area contributed by atoms with E-state index in [1.807, 2.05) is 18.2 Å². The number of hydrogen-bond acceptors (Lipinski definition) is 5. The molecule has 0 aliphatic rings. The lowest BCUT2D eigenvalue weighted by atomic mass is 9.96. The predicted molar refractivity (Wildman–Crippen MR) is 147 cm³/mol. The second-order valence-corrected chi connectivity index (χ2v) is 9.67. The lowest BCUT2D eigenvalue weighted by Gasteiger charge is -2.14. The molecular weight excluding hydrogens is 436 g/mol. The fourth-order valence-electron chi connectivity index (χ4n) is 4.52. The number of phenols is 3. The van der Waals surface area contributed by atoms with Crippen LogP contribution in [0.5, 0.6) is 17.2 Å². The van der Waals surface area contributed by atoms with Crippen molar-refractivity contribution in [2.24, 2.45) is 0 Å². The first-order valence-corrected chi connectivity index (χ1v) is 13.8. The van der Waals surface area contributed by atoms with Gasteiger partial charge in [-0.3, -0.25) is 0 Å². The van der Waals surface area contributed by atoms with Crippen molar-refractivity contribution in [2.45, 2.75) is 90.4 Å². The molecule has 0 saturated heterocycles. The highest BCUT2D eigenvalue weighted by Crippen LogP contribution is 2.32. The number of unbranched alkanes of at least 4 members (excludes halogenated alkanes) is 8. The average molecular weight is 485 g/mol. The highest BCUT2D eigenvalue weighted by molar-refractivity contribution is 5.49. The summed E-state index contributed by atoms with van der Waals surface area (Å²) in [5.74, 6) is 0.151. The van der Waals surface area contributed by atoms with Gasteiger partial charge in [0.2, 0.25) is 0 Å². The number of aromatic hydroxyl groups is 3. The lowest BCUT2D eigenvalue weighted by molar-refractivity contribution is 0.398. The first-order chi connectivity index (χ1) is 17.1. The molecule has 2 aromatic rings. The molecule has 5 heteroatoms. The molecular formula is C30H48N2O3. The second kappa shape index (κ2) is 18.1. The first kappa shape index (κ1) is 29.0. The van der Waals surface area contributed by atoms with E-state index >= 15 is 0 Å². The highest BCUT2D eigenvalue weighted by atomic mass is 16.3. The molecule has 196 valence electrons. The number of benzene rings is 2. The van der Waals surface area contributed by atoms with Crippen LogP contribution in [-0.4, -0.2) is 41.5 Å². The number of nitrogens with one attached hydrogen (secondary N) is 2. The third-order valence-electron chi connectivity index (χ3n) is 6.67. The molecule has 0 heterocycles. The van der Waals surface area contributed by atoms with Crippen molar-refractivity contribution < 1.29 is 15.3 Å². The van der Waals surface area contributed by atoms with Gasteiger partial charge >= 0.3 is 0 Å². The molecule has 0 spiro atoms. The zero-order chi connectivity index (χ0) is 25.1. The minimum Gasteiger partial charge on any atom is -0.508 e. The van der Waals surface area contributed by atoms with Gasteiger partial charge in [-0.25, -0.2) is 0 Å². The third-order valence-corrected chi connectivity index (χ3v) is 6.67. The molecule has 0 aromatic heterocycles. The summed E-state index contributed by atoms with van der Waals surface area (Å²) in [6.07, 6.45) is 15.2. The van der Waals surface area contributed by atoms with Crippen LogP contribution in [0, 0.1) is 0 Å². The quantitative estimate of drug-likeness (QED) is 0.114. The van der Waals surface area contributed by atoms with Gasteiger partial charge < -0.3 is 26.0 Å². The largest absolute Gasteiger partial charge is 0.508 e. The standard InChI is InChI=1S/C30H48N2O3/c1-2-3-4-5-6-9-20-31-21-10-7-8-11-22-32-23-19-26-16-18-29(34)30(35)28(26)17-15-25-13-12-14-27(33)24-25/h12-14,16,18,24,31-35H,2-11,15,17,19-23H2,1H3. The Morgan fingerprint density at radius 1 is 0.629 bits per heavy atom. The average Bonchev–Trinajstić information content (AvgIpc) is 2.85. The van der Waals surface area contributed by atoms with Crippen molar-refractivity contribution in [3.63, 3.8) is 0 Å². The van der Waals surface area contributed by atoms with Gasteiger partial charge in [-0.15, -0.1) is 0 Å². The maximum atomic E-state index is 10.4. The zero-order valence-electron chi connectivity index (χ0n) is 21.8. The van der Waals surface area contributed by atoms with Crippen LogP contribution in [0.3, 0.4) is 0 Å². The van der Waals surface area contributed by atoms with E-state index in [4.69, 9.17) is 0 Å². The highest BCUT2D eigenvalue weighted by Gasteiger charge is 2.12. The van der Waals surface area contributed by atoms with Crippen LogP contribution in [0.2, 0.25) is 0 Å². The monoisotopic (exact) mass is 484 g/mol. The summed E-state index contributed by atoms with van der Waals surface area (Å²) in [6.45, 7) is 6.42. The van der Waals surface area contributed by atoms with E-state index < -0.39 is 0 Å². The SMILES string of the molecule is CCCCCCCCNCCCCCCNCCc1ccc(O)c(O)c1CCc1cccc(O)c1. The topological polar surface area (TPSA) is 84.8 Å². The summed E-state index contributed by atoms with van der Waals surface area (Å²) in [6, 6.07) is 10.7. The molecule has 0 aliphatic heterocycles. The van der Waals surface area contributed by atoms with E-state index in [-0.39, 0.29) is 17.2 Å². The lowest BCUT2D eigenvalue weighted by Crippen LogP contribution is -2.19. The van der Waals surface area contributed by atoms with Crippen LogP contribution >= 0.6 is 0 Å². The smallest absolute Gasteiger partial charge is 0.160 e. The molecule has 0 unspecified atom stereocenters. The molecule has 2 rings (SSSR count). The van der Waals surface area contributed by atoms with Crippen molar-refractivity contribution in [1.82, 2.24) is 10.6 Å². The van der Waals surface area contributed by atoms with Crippen molar-refractivity contribution in [2.75, 3.05) is 26.2 Å². The molecule has 5 nitrogen and oxygen atoms in total. The first-order valence-electron chi connectivity index (χ1n) is 13.8. The maximum absolute atomic E-state index is 10.4. The summed E-state index contributed by atoms with van der Waals surface area (Å²) < 4.78 is 0. The van der Waals surface area contributed by atoms with Crippen LogP contribution < -0.4 is 10.6 Å². The molecule has 0 radical (unpaired) electrons. The Morgan fingerprint density at radius 2 is 1.26 bits per heavy atom. The van der Waals surface area contributed by atoms with E-state index in [1.165, 1.54) is 64.2 Å². The Bertz CT molecular complexity index is 825. The Morgan fingerprint density at radius 3 is 1.91 bits per heavy atom. The zero-order valence-corrected chi connectivity index (χ0v) is 21.8. The molecule has 0 amide bonds. The van der Waals surface area contributed by atoms with Crippen molar-refractivity contribution in [1.29, 1.82) is 0 Å². The van der Waals surface area contributed by atoms with Gasteiger partial charge in [0.15, 0.2) is 11.5 Å². The summed E-state index contributed by atoms with van der Waals surface area (Å²) in [5, 5.41) is 37.2. The van der Waals surface area contributed by atoms with Gasteiger partial charge in [0.1, 0.15) is 5.75 Å². The van der Waals surface area contributed by atoms with Gasteiger partial charge in [-0.05, 0) is 94.0 Å². The van der Waals surface area contributed by atoms with Crippen LogP contribution in [0.25, 0.3) is 0 Å². The Labute approximate surface area is 213 Å². The molecule has 2 aromatic carbocycles. The molecule has 0 bridgehead atoms. The van der Waals surface area contributed by atoms with Gasteiger partial charge in [-0.1, -0.05) is 70.1 Å². The van der Waals surface area contributed by atoms with Crippen LogP contribution in [0.15, 0.2) is 36.4 Å². The van der Waals surface area contributed by atoms with E-state index in [0.29, 0.717) is 12.8 Å². The van der Waals surface area contributed by atoms with E-state index in [1.54, 1.807) is 18.2 Å². The van der Waals surface area contributed by atoms with Crippen molar-refractivity contribution in [3.8, 4) is 17.2 Å². The van der Waals surface area contributed by atoms with Gasteiger partial charge in [0, 0.05) is 5.56 Å². The normalized spacial score (nSPS) is 11.2. The molecule has 0 atom stereocenters. The predicted octanol–water partition coefficient (Wildman–Crippen LogP) is 6.23. The Kier molecular flexibility index (Phi) is 15.0. The van der Waals surface area contributed by atoms with E-state index in [0.717, 1.165) is 49.3 Å². The van der Waals surface area contributed by atoms with E-state index in [9.17, 15) is 15.3 Å². The van der Waals surface area contributed by atoms with Crippen LogP contribution in [-0.2, 0) is 19.3 Å². The minimum atomic E-state index is -0.0749. The Balaban J connectivity index is 1.55. The molecule has 0 fully saturated rings. The molecule has 5 N–H and O–H groups in total. The maximum Gasteiger partial charge on any atom is 0.160 e. The molecule has 0 aliphatic carbocycles.